The van der Waals surface area contributed by atoms with Crippen LogP contribution in [0.5, 0.6) is 0 Å². The predicted molar refractivity (Wildman–Crippen MR) is 167 cm³/mol. The van der Waals surface area contributed by atoms with Crippen LogP contribution in [0.3, 0.4) is 0 Å². The minimum absolute atomic E-state index is 0.129. The Morgan fingerprint density at radius 1 is 0.900 bits per heavy atom. The summed E-state index contributed by atoms with van der Waals surface area (Å²) in [5, 5.41) is 0. The molecular formula is C35H48F6O9. The predicted octanol–water partition coefficient (Wildman–Crippen LogP) is 7.82. The molecule has 3 saturated heterocycles. The van der Waals surface area contributed by atoms with Gasteiger partial charge < -0.3 is 28.4 Å². The van der Waals surface area contributed by atoms with Crippen LogP contribution in [-0.2, 0) is 48.2 Å². The number of esters is 3. The third-order valence-corrected chi connectivity index (χ3v) is 9.23. The lowest BCUT2D eigenvalue weighted by Gasteiger charge is -2.27. The molecular weight excluding hydrogens is 678 g/mol. The van der Waals surface area contributed by atoms with Crippen molar-refractivity contribution in [1.29, 1.82) is 0 Å². The molecule has 0 radical (unpaired) electrons. The lowest BCUT2D eigenvalue weighted by Crippen LogP contribution is -2.45. The Labute approximate surface area is 288 Å². The zero-order valence-corrected chi connectivity index (χ0v) is 29.8. The highest BCUT2D eigenvalue weighted by atomic mass is 19.4. The fraction of sp³-hybridized carbons (Fsp3) is 0.743. The van der Waals surface area contributed by atoms with Crippen LogP contribution in [0, 0.1) is 5.41 Å². The maximum atomic E-state index is 12.5. The number of carbonyl (C=O) groups is 3. The van der Waals surface area contributed by atoms with Gasteiger partial charge in [-0.15, -0.1) is 0 Å². The van der Waals surface area contributed by atoms with E-state index in [1.54, 1.807) is 20.8 Å². The summed E-state index contributed by atoms with van der Waals surface area (Å²) in [4.78, 5) is 36.2. The largest absolute Gasteiger partial charge is 0.454 e. The first kappa shape index (κ1) is 41.5. The highest BCUT2D eigenvalue weighted by Gasteiger charge is 2.65. The third kappa shape index (κ3) is 10.1. The average Bonchev–Trinajstić information content (AvgIpc) is 3.60. The van der Waals surface area contributed by atoms with Crippen molar-refractivity contribution in [2.45, 2.75) is 161 Å². The van der Waals surface area contributed by atoms with E-state index in [2.05, 4.69) is 63.6 Å². The van der Waals surface area contributed by atoms with Gasteiger partial charge in [0.2, 0.25) is 6.10 Å². The lowest BCUT2D eigenvalue weighted by molar-refractivity contribution is -0.313. The molecule has 3 aliphatic rings. The lowest BCUT2D eigenvalue weighted by atomic mass is 9.85. The van der Waals surface area contributed by atoms with Crippen molar-refractivity contribution >= 4 is 17.9 Å². The topological polar surface area (TPSA) is 107 Å². The second kappa shape index (κ2) is 15.4. The minimum atomic E-state index is -5.81. The second-order valence-corrected chi connectivity index (χ2v) is 14.8. The van der Waals surface area contributed by atoms with Gasteiger partial charge in [0.05, 0.1) is 5.41 Å². The zero-order chi connectivity index (χ0) is 38.0. The molecule has 3 fully saturated rings. The van der Waals surface area contributed by atoms with Crippen molar-refractivity contribution in [3.63, 3.8) is 0 Å². The number of hydrogen-bond donors (Lipinski definition) is 0. The maximum absolute atomic E-state index is 12.5. The maximum Gasteiger partial charge on any atom is 0.434 e. The van der Waals surface area contributed by atoms with Crippen molar-refractivity contribution in [2.24, 2.45) is 5.41 Å². The molecule has 0 N–H and O–H groups in total. The third-order valence-electron chi connectivity index (χ3n) is 9.23. The van der Waals surface area contributed by atoms with E-state index in [4.69, 9.17) is 23.7 Å². The number of fused-ring (bicyclic) bond motifs is 3. The monoisotopic (exact) mass is 726 g/mol. The quantitative estimate of drug-likeness (QED) is 0.136. The van der Waals surface area contributed by atoms with Crippen LogP contribution in [0.1, 0.15) is 111 Å². The van der Waals surface area contributed by atoms with Crippen LogP contribution in [-0.4, -0.2) is 72.9 Å². The SMILES string of the molecule is CCC(C)(C)C(=O)OC1C(=O)OC2C3OC(C)(CCCC(=O)OC(C(F)(F)F)C(F)(F)F)OC3OC12.CCC(C)c1ccc(C(C)(C)C)cc1. The summed E-state index contributed by atoms with van der Waals surface area (Å²) in [7, 11) is 0. The Morgan fingerprint density at radius 3 is 1.98 bits per heavy atom. The fourth-order valence-corrected chi connectivity index (χ4v) is 5.41. The molecule has 284 valence electrons. The molecule has 0 saturated carbocycles. The Hall–Kier alpha value is -2.91. The second-order valence-electron chi connectivity index (χ2n) is 14.8. The molecule has 3 heterocycles. The van der Waals surface area contributed by atoms with Gasteiger partial charge in [0.25, 0.3) is 6.10 Å². The standard InChI is InChI=1S/C21H26F6O9.C14H22/c1-5-18(2,3)17(30)34-12-10-11(32-14(12)29)13-15(33-10)36-19(4,35-13)8-6-7-9(28)31-16(20(22,23)24)21(25,26)27;1-6-11(2)12-7-9-13(10-8-12)14(3,4)5/h10-13,15-16H,5-8H2,1-4H3;7-11H,6H2,1-5H3. The van der Waals surface area contributed by atoms with Gasteiger partial charge in [-0.05, 0) is 62.5 Å². The Bertz CT molecular complexity index is 1320. The normalized spacial score (nSPS) is 27.2. The highest BCUT2D eigenvalue weighted by molar-refractivity contribution is 5.84. The molecule has 9 nitrogen and oxygen atoms in total. The summed E-state index contributed by atoms with van der Waals surface area (Å²) in [5.41, 5.74) is 2.30. The van der Waals surface area contributed by atoms with Crippen molar-refractivity contribution in [2.75, 3.05) is 0 Å². The minimum Gasteiger partial charge on any atom is -0.454 e. The van der Waals surface area contributed by atoms with Gasteiger partial charge in [-0.25, -0.2) is 4.79 Å². The first-order valence-corrected chi connectivity index (χ1v) is 16.7. The Balaban J connectivity index is 0.000000403. The van der Waals surface area contributed by atoms with Crippen molar-refractivity contribution in [1.82, 2.24) is 0 Å². The average molecular weight is 727 g/mol. The number of alkyl halides is 6. The number of halogens is 6. The molecule has 15 heteroatoms. The van der Waals surface area contributed by atoms with Crippen LogP contribution in [0.15, 0.2) is 24.3 Å². The summed E-state index contributed by atoms with van der Waals surface area (Å²) in [6.07, 6.45) is -20.6. The number of benzene rings is 1. The summed E-state index contributed by atoms with van der Waals surface area (Å²) < 4.78 is 106. The molecule has 7 atom stereocenters. The first-order valence-electron chi connectivity index (χ1n) is 16.7. The van der Waals surface area contributed by atoms with E-state index < -0.39 is 84.7 Å². The first-order chi connectivity index (χ1) is 22.8. The molecule has 0 aliphatic carbocycles. The van der Waals surface area contributed by atoms with E-state index in [0.717, 1.165) is 0 Å². The highest BCUT2D eigenvalue weighted by Crippen LogP contribution is 2.45. The zero-order valence-electron chi connectivity index (χ0n) is 29.8. The smallest absolute Gasteiger partial charge is 0.434 e. The number of hydrogen-bond acceptors (Lipinski definition) is 9. The molecule has 3 aliphatic heterocycles. The van der Waals surface area contributed by atoms with Gasteiger partial charge in [-0.2, -0.15) is 26.3 Å². The van der Waals surface area contributed by atoms with E-state index in [0.29, 0.717) is 12.3 Å². The molecule has 1 aromatic rings. The van der Waals surface area contributed by atoms with Crippen LogP contribution >= 0.6 is 0 Å². The van der Waals surface area contributed by atoms with E-state index in [9.17, 15) is 40.7 Å². The summed E-state index contributed by atoms with van der Waals surface area (Å²) in [6.45, 7) is 17.8. The van der Waals surface area contributed by atoms with Gasteiger partial charge in [-0.1, -0.05) is 65.8 Å². The van der Waals surface area contributed by atoms with Gasteiger partial charge in [0.15, 0.2) is 24.3 Å². The van der Waals surface area contributed by atoms with E-state index in [-0.39, 0.29) is 18.3 Å². The van der Waals surface area contributed by atoms with Crippen molar-refractivity contribution in [3.05, 3.63) is 35.4 Å². The number of ether oxygens (including phenoxy) is 6. The molecule has 0 aromatic heterocycles. The van der Waals surface area contributed by atoms with E-state index in [1.165, 1.54) is 24.5 Å². The summed E-state index contributed by atoms with van der Waals surface area (Å²) >= 11 is 0. The summed E-state index contributed by atoms with van der Waals surface area (Å²) in [5.74, 6) is -3.90. The molecule has 50 heavy (non-hydrogen) atoms. The molecule has 0 bridgehead atoms. The van der Waals surface area contributed by atoms with Gasteiger partial charge in [0, 0.05) is 12.8 Å². The van der Waals surface area contributed by atoms with Crippen LogP contribution in [0.2, 0.25) is 0 Å². The van der Waals surface area contributed by atoms with Crippen molar-refractivity contribution < 1.29 is 69.1 Å². The fourth-order valence-electron chi connectivity index (χ4n) is 5.41. The molecule has 4 rings (SSSR count). The number of rotatable bonds is 10. The van der Waals surface area contributed by atoms with Crippen LogP contribution < -0.4 is 0 Å². The molecule has 1 aromatic carbocycles. The Morgan fingerprint density at radius 2 is 1.48 bits per heavy atom. The number of carbonyl (C=O) groups excluding carboxylic acids is 3. The van der Waals surface area contributed by atoms with Crippen LogP contribution in [0.25, 0.3) is 0 Å². The van der Waals surface area contributed by atoms with Crippen LogP contribution in [0.4, 0.5) is 26.3 Å². The molecule has 0 spiro atoms. The molecule has 7 unspecified atom stereocenters. The van der Waals surface area contributed by atoms with Crippen molar-refractivity contribution in [3.8, 4) is 0 Å². The van der Waals surface area contributed by atoms with E-state index >= 15 is 0 Å². The van der Waals surface area contributed by atoms with E-state index in [1.807, 2.05) is 0 Å². The Kier molecular flexibility index (Phi) is 12.8. The molecule has 0 amide bonds. The van der Waals surface area contributed by atoms with Gasteiger partial charge in [0.1, 0.15) is 6.10 Å². The summed E-state index contributed by atoms with van der Waals surface area (Å²) in [6, 6.07) is 9.08. The van der Waals surface area contributed by atoms with Gasteiger partial charge in [-0.3, -0.25) is 9.59 Å². The van der Waals surface area contributed by atoms with Gasteiger partial charge >= 0.3 is 30.3 Å².